The Hall–Kier alpha value is -3.82. The van der Waals surface area contributed by atoms with Crippen molar-refractivity contribution in [1.82, 2.24) is 15.1 Å². The highest BCUT2D eigenvalue weighted by atomic mass is 35.5. The summed E-state index contributed by atoms with van der Waals surface area (Å²) in [6.45, 7) is 11.5. The van der Waals surface area contributed by atoms with E-state index in [9.17, 15) is 9.18 Å². The number of hydrogen-bond donors (Lipinski definition) is 3. The molecule has 2 aromatic carbocycles. The molecule has 0 spiro atoms. The van der Waals surface area contributed by atoms with E-state index < -0.39 is 11.8 Å². The molecule has 4 N–H and O–H groups in total. The molecule has 1 heterocycles. The number of aliphatic imine (C=N–C) groups is 1. The number of anilines is 1. The molecule has 0 unspecified atom stereocenters. The number of carbonyl (C=O) groups excluding carboxylic acids is 1. The Morgan fingerprint density at radius 3 is 2.55 bits per heavy atom. The molecule has 0 aliphatic heterocycles. The normalized spacial score (nSPS) is 12.0. The fourth-order valence-electron chi connectivity index (χ4n) is 3.32. The number of aryl methyl sites for hydroxylation is 1. The number of ether oxygens (including phenoxy) is 1. The first kappa shape index (κ1) is 28.7. The van der Waals surface area contributed by atoms with E-state index in [-0.39, 0.29) is 39.3 Å². The molecule has 0 fully saturated rings. The van der Waals surface area contributed by atoms with Crippen molar-refractivity contribution in [3.8, 4) is 11.4 Å². The second-order valence-corrected chi connectivity index (χ2v) is 10.2. The van der Waals surface area contributed by atoms with Crippen molar-refractivity contribution in [2.45, 2.75) is 39.7 Å². The summed E-state index contributed by atoms with van der Waals surface area (Å²) in [5.74, 6) is -0.0964. The average molecular weight is 559 g/mol. The van der Waals surface area contributed by atoms with Gasteiger partial charge in [0.25, 0.3) is 0 Å². The first-order chi connectivity index (χ1) is 17.9. The van der Waals surface area contributed by atoms with Gasteiger partial charge in [-0.2, -0.15) is 5.10 Å². The second-order valence-electron chi connectivity index (χ2n) is 9.38. The van der Waals surface area contributed by atoms with E-state index >= 15 is 0 Å². The standard InChI is InChI=1S/C27H29Cl2FN6O2/c1-16-6-8-20(9-7-16)36-23(14-22(35-36)27(3,4)5)34-26(37)32-15-18-12-19(30)13-21(29)25(18)38-24(10-11-31)33-17(2)28/h6-14H,2,15,31H2,1,3-5H3,(H2,32,34,37)/b11-10-,33-24+. The van der Waals surface area contributed by atoms with Crippen LogP contribution in [-0.2, 0) is 12.0 Å². The molecule has 8 nitrogen and oxygen atoms in total. The van der Waals surface area contributed by atoms with E-state index in [2.05, 4.69) is 22.2 Å². The summed E-state index contributed by atoms with van der Waals surface area (Å²) >= 11 is 12.0. The van der Waals surface area contributed by atoms with Gasteiger partial charge in [-0.3, -0.25) is 5.32 Å². The molecule has 3 aromatic rings. The van der Waals surface area contributed by atoms with Crippen molar-refractivity contribution in [3.05, 3.63) is 94.1 Å². The van der Waals surface area contributed by atoms with Crippen molar-refractivity contribution < 1.29 is 13.9 Å². The number of nitrogens with two attached hydrogens (primary N) is 1. The van der Waals surface area contributed by atoms with Crippen LogP contribution in [0.5, 0.6) is 5.75 Å². The van der Waals surface area contributed by atoms with Gasteiger partial charge < -0.3 is 15.8 Å². The largest absolute Gasteiger partial charge is 0.437 e. The van der Waals surface area contributed by atoms with Gasteiger partial charge >= 0.3 is 6.03 Å². The summed E-state index contributed by atoms with van der Waals surface area (Å²) in [5, 5.41) is 10.1. The van der Waals surface area contributed by atoms with E-state index in [0.29, 0.717) is 5.82 Å². The van der Waals surface area contributed by atoms with Gasteiger partial charge in [-0.15, -0.1) is 0 Å². The minimum atomic E-state index is -0.610. The fourth-order valence-corrected chi connectivity index (χ4v) is 3.66. The van der Waals surface area contributed by atoms with Gasteiger partial charge in [0.2, 0.25) is 5.90 Å². The van der Waals surface area contributed by atoms with Crippen molar-refractivity contribution in [2.75, 3.05) is 5.32 Å². The van der Waals surface area contributed by atoms with Crippen LogP contribution in [-0.4, -0.2) is 21.7 Å². The number of aromatic nitrogens is 2. The van der Waals surface area contributed by atoms with Gasteiger partial charge in [-0.05, 0) is 37.4 Å². The molecular weight excluding hydrogens is 530 g/mol. The lowest BCUT2D eigenvalue weighted by atomic mass is 9.92. The maximum Gasteiger partial charge on any atom is 0.320 e. The van der Waals surface area contributed by atoms with Crippen LogP contribution in [0.2, 0.25) is 5.02 Å². The van der Waals surface area contributed by atoms with Crippen LogP contribution in [0, 0.1) is 12.7 Å². The molecule has 0 aliphatic carbocycles. The van der Waals surface area contributed by atoms with Gasteiger partial charge in [0, 0.05) is 29.7 Å². The maximum atomic E-state index is 14.2. The summed E-state index contributed by atoms with van der Waals surface area (Å²) in [6.07, 6.45) is 2.51. The molecule has 1 aromatic heterocycles. The summed E-state index contributed by atoms with van der Waals surface area (Å²) in [6, 6.07) is 11.3. The van der Waals surface area contributed by atoms with E-state index in [1.807, 2.05) is 58.0 Å². The molecule has 0 aliphatic rings. The number of carbonyl (C=O) groups is 1. The second kappa shape index (κ2) is 12.1. The summed E-state index contributed by atoms with van der Waals surface area (Å²) < 4.78 is 21.6. The summed E-state index contributed by atoms with van der Waals surface area (Å²) in [4.78, 5) is 16.8. The van der Waals surface area contributed by atoms with Crippen LogP contribution in [0.15, 0.2) is 71.5 Å². The topological polar surface area (TPSA) is 107 Å². The van der Waals surface area contributed by atoms with E-state index in [4.69, 9.17) is 38.8 Å². The monoisotopic (exact) mass is 558 g/mol. The van der Waals surface area contributed by atoms with Gasteiger partial charge in [0.05, 0.1) is 16.4 Å². The smallest absolute Gasteiger partial charge is 0.320 e. The first-order valence-corrected chi connectivity index (χ1v) is 12.3. The van der Waals surface area contributed by atoms with E-state index in [1.165, 1.54) is 18.3 Å². The highest BCUT2D eigenvalue weighted by molar-refractivity contribution is 6.32. The lowest BCUT2D eigenvalue weighted by Crippen LogP contribution is -2.29. The van der Waals surface area contributed by atoms with Gasteiger partial charge in [0.1, 0.15) is 16.8 Å². The lowest BCUT2D eigenvalue weighted by Gasteiger charge is -2.14. The molecule has 3 rings (SSSR count). The van der Waals surface area contributed by atoms with Gasteiger partial charge in [0.15, 0.2) is 5.75 Å². The number of hydrogen-bond acceptors (Lipinski definition) is 5. The zero-order chi connectivity index (χ0) is 28.0. The Balaban J connectivity index is 1.85. The SMILES string of the molecule is C=C(Cl)/N=C(\C=C/N)Oc1c(Cl)cc(F)cc1CNC(=O)Nc1cc(C(C)(C)C)nn1-c1ccc(C)cc1. The van der Waals surface area contributed by atoms with E-state index in [1.54, 1.807) is 4.68 Å². The molecule has 0 saturated carbocycles. The minimum Gasteiger partial charge on any atom is -0.437 e. The quantitative estimate of drug-likeness (QED) is 0.173. The van der Waals surface area contributed by atoms with Crippen molar-refractivity contribution in [3.63, 3.8) is 0 Å². The summed E-state index contributed by atoms with van der Waals surface area (Å²) in [5.41, 5.74) is 8.12. The number of benzene rings is 2. The van der Waals surface area contributed by atoms with Crippen LogP contribution in [0.4, 0.5) is 15.0 Å². The third-order valence-electron chi connectivity index (χ3n) is 5.20. The first-order valence-electron chi connectivity index (χ1n) is 11.6. The molecular formula is C27H29Cl2FN6O2. The Bertz CT molecular complexity index is 1390. The molecule has 0 bridgehead atoms. The minimum absolute atomic E-state index is 0.0246. The third-order valence-corrected chi connectivity index (χ3v) is 5.56. The number of rotatable bonds is 7. The number of halogens is 3. The van der Waals surface area contributed by atoms with Crippen molar-refractivity contribution in [1.29, 1.82) is 0 Å². The number of urea groups is 1. The van der Waals surface area contributed by atoms with Gasteiger partial charge in [-0.1, -0.05) is 68.2 Å². The molecule has 2 amide bonds. The third kappa shape index (κ3) is 7.60. The average Bonchev–Trinajstić information content (AvgIpc) is 3.24. The molecule has 11 heteroatoms. The van der Waals surface area contributed by atoms with Crippen LogP contribution < -0.4 is 21.1 Å². The number of nitrogens with one attached hydrogen (secondary N) is 2. The van der Waals surface area contributed by atoms with Gasteiger partial charge in [-0.25, -0.2) is 18.9 Å². The van der Waals surface area contributed by atoms with Crippen LogP contribution >= 0.6 is 23.2 Å². The van der Waals surface area contributed by atoms with Crippen LogP contribution in [0.25, 0.3) is 5.69 Å². The predicted octanol–water partition coefficient (Wildman–Crippen LogP) is 6.55. The van der Waals surface area contributed by atoms with Crippen LogP contribution in [0.1, 0.15) is 37.6 Å². The fraction of sp³-hybridized carbons (Fsp3) is 0.222. The number of amides is 2. The molecule has 38 heavy (non-hydrogen) atoms. The van der Waals surface area contributed by atoms with E-state index in [0.717, 1.165) is 23.0 Å². The zero-order valence-electron chi connectivity index (χ0n) is 21.5. The zero-order valence-corrected chi connectivity index (χ0v) is 23.0. The molecule has 0 atom stereocenters. The highest BCUT2D eigenvalue weighted by Gasteiger charge is 2.22. The molecule has 200 valence electrons. The summed E-state index contributed by atoms with van der Waals surface area (Å²) in [7, 11) is 0. The Morgan fingerprint density at radius 1 is 1.26 bits per heavy atom. The van der Waals surface area contributed by atoms with Crippen molar-refractivity contribution in [2.24, 2.45) is 10.7 Å². The Labute approximate surface area is 231 Å². The lowest BCUT2D eigenvalue weighted by molar-refractivity contribution is 0.251. The van der Waals surface area contributed by atoms with Crippen molar-refractivity contribution >= 4 is 40.9 Å². The molecule has 0 radical (unpaired) electrons. The number of nitrogens with zero attached hydrogens (tertiary/aromatic N) is 3. The highest BCUT2D eigenvalue weighted by Crippen LogP contribution is 2.31. The maximum absolute atomic E-state index is 14.2. The molecule has 0 saturated heterocycles. The van der Waals surface area contributed by atoms with Crippen LogP contribution in [0.3, 0.4) is 0 Å². The predicted molar refractivity (Wildman–Crippen MR) is 151 cm³/mol. The Morgan fingerprint density at radius 2 is 1.95 bits per heavy atom. The Kier molecular flexibility index (Phi) is 9.19.